The van der Waals surface area contributed by atoms with E-state index in [0.717, 1.165) is 11.1 Å². The van der Waals surface area contributed by atoms with E-state index in [1.807, 2.05) is 29.0 Å². The maximum absolute atomic E-state index is 12.5. The molecule has 134 valence electrons. The number of carbonyl (C=O) groups excluding carboxylic acids is 1. The summed E-state index contributed by atoms with van der Waals surface area (Å²) in [5.74, 6) is 0.119. The van der Waals surface area contributed by atoms with Gasteiger partial charge >= 0.3 is 0 Å². The largest absolute Gasteiger partial charge is 0.389 e. The molecule has 0 aliphatic carbocycles. The van der Waals surface area contributed by atoms with Gasteiger partial charge in [0.15, 0.2) is 5.82 Å². The number of carbonyl (C=O) groups is 1. The molecule has 5 nitrogen and oxygen atoms in total. The Hall–Kier alpha value is -2.28. The minimum Gasteiger partial charge on any atom is -0.389 e. The third-order valence-corrected chi connectivity index (χ3v) is 4.49. The molecule has 2 N–H and O–H groups in total. The first-order valence-electron chi connectivity index (χ1n) is 8.00. The van der Waals surface area contributed by atoms with Crippen molar-refractivity contribution in [1.82, 2.24) is 15.3 Å². The number of nitrogens with zero attached hydrogens (tertiary/aromatic N) is 2. The average molecular weight is 388 g/mol. The molecule has 0 aliphatic rings. The Morgan fingerprint density at radius 3 is 2.54 bits per heavy atom. The Morgan fingerprint density at radius 2 is 1.92 bits per heavy atom. The van der Waals surface area contributed by atoms with Gasteiger partial charge in [-0.3, -0.25) is 4.79 Å². The summed E-state index contributed by atoms with van der Waals surface area (Å²) in [4.78, 5) is 21.5. The highest BCUT2D eigenvalue weighted by molar-refractivity contribution is 7.08. The summed E-state index contributed by atoms with van der Waals surface area (Å²) < 4.78 is 0. The van der Waals surface area contributed by atoms with Gasteiger partial charge < -0.3 is 10.4 Å². The van der Waals surface area contributed by atoms with Gasteiger partial charge in [-0.05, 0) is 43.5 Å². The van der Waals surface area contributed by atoms with E-state index in [4.69, 9.17) is 11.6 Å². The van der Waals surface area contributed by atoms with Gasteiger partial charge in [0.2, 0.25) is 0 Å². The number of halogens is 1. The van der Waals surface area contributed by atoms with Crippen molar-refractivity contribution < 1.29 is 9.90 Å². The molecular formula is C19H18ClN3O2S. The predicted octanol–water partition coefficient (Wildman–Crippen LogP) is 4.03. The number of rotatable bonds is 5. The molecule has 7 heteroatoms. The molecular weight excluding hydrogens is 370 g/mol. The lowest BCUT2D eigenvalue weighted by atomic mass is 10.1. The zero-order valence-electron chi connectivity index (χ0n) is 14.4. The highest BCUT2D eigenvalue weighted by atomic mass is 35.5. The van der Waals surface area contributed by atoms with Crippen LogP contribution in [0.1, 0.15) is 24.3 Å². The highest BCUT2D eigenvalue weighted by Crippen LogP contribution is 2.25. The normalized spacial score (nSPS) is 11.4. The van der Waals surface area contributed by atoms with Crippen LogP contribution in [0.4, 0.5) is 0 Å². The zero-order chi connectivity index (χ0) is 18.7. The topological polar surface area (TPSA) is 75.1 Å². The SMILES string of the molecule is CC(C)(O)CNC(=O)c1cc(-c2ccc(Cl)cc2)nc(-c2ccsc2)n1. The third-order valence-electron chi connectivity index (χ3n) is 3.56. The Morgan fingerprint density at radius 1 is 1.19 bits per heavy atom. The molecule has 1 amide bonds. The molecule has 0 atom stereocenters. The lowest BCUT2D eigenvalue weighted by Crippen LogP contribution is -2.38. The Labute approximate surface area is 160 Å². The van der Waals surface area contributed by atoms with Crippen LogP contribution in [0.2, 0.25) is 5.02 Å². The fourth-order valence-corrected chi connectivity index (χ4v) is 3.00. The minimum absolute atomic E-state index is 0.125. The van der Waals surface area contributed by atoms with E-state index in [1.54, 1.807) is 32.0 Å². The van der Waals surface area contributed by atoms with Crippen molar-refractivity contribution in [3.05, 3.63) is 57.9 Å². The molecule has 0 saturated heterocycles. The van der Waals surface area contributed by atoms with Crippen LogP contribution in [0.15, 0.2) is 47.2 Å². The molecule has 0 spiro atoms. The number of thiophene rings is 1. The quantitative estimate of drug-likeness (QED) is 0.693. The van der Waals surface area contributed by atoms with Crippen molar-refractivity contribution in [2.75, 3.05) is 6.54 Å². The third kappa shape index (κ3) is 4.66. The molecule has 0 saturated carbocycles. The summed E-state index contributed by atoms with van der Waals surface area (Å²) in [6, 6.07) is 10.8. The van der Waals surface area contributed by atoms with Crippen molar-refractivity contribution >= 4 is 28.8 Å². The van der Waals surface area contributed by atoms with Crippen molar-refractivity contribution in [1.29, 1.82) is 0 Å². The summed E-state index contributed by atoms with van der Waals surface area (Å²) in [7, 11) is 0. The van der Waals surface area contributed by atoms with E-state index in [-0.39, 0.29) is 18.1 Å². The number of benzene rings is 1. The van der Waals surface area contributed by atoms with E-state index in [0.29, 0.717) is 16.5 Å². The van der Waals surface area contributed by atoms with Gasteiger partial charge in [0, 0.05) is 28.1 Å². The van der Waals surface area contributed by atoms with E-state index in [2.05, 4.69) is 15.3 Å². The second kappa shape index (κ2) is 7.53. The van der Waals surface area contributed by atoms with Crippen LogP contribution in [-0.4, -0.2) is 33.1 Å². The average Bonchev–Trinajstić information content (AvgIpc) is 3.14. The first-order valence-corrected chi connectivity index (χ1v) is 9.32. The lowest BCUT2D eigenvalue weighted by molar-refractivity contribution is 0.0692. The molecule has 3 rings (SSSR count). The Balaban J connectivity index is 2.00. The fourth-order valence-electron chi connectivity index (χ4n) is 2.24. The van der Waals surface area contributed by atoms with Gasteiger partial charge in [-0.1, -0.05) is 23.7 Å². The number of aromatic nitrogens is 2. The van der Waals surface area contributed by atoms with Crippen molar-refractivity contribution in [3.63, 3.8) is 0 Å². The number of amides is 1. The van der Waals surface area contributed by atoms with Crippen molar-refractivity contribution in [2.24, 2.45) is 0 Å². The van der Waals surface area contributed by atoms with Gasteiger partial charge in [0.1, 0.15) is 5.69 Å². The number of hydrogen-bond donors (Lipinski definition) is 2. The lowest BCUT2D eigenvalue weighted by Gasteiger charge is -2.17. The van der Waals surface area contributed by atoms with Gasteiger partial charge in [-0.15, -0.1) is 0 Å². The second-order valence-electron chi connectivity index (χ2n) is 6.48. The minimum atomic E-state index is -1.00. The molecule has 2 aromatic heterocycles. The fraction of sp³-hybridized carbons (Fsp3) is 0.211. The van der Waals surface area contributed by atoms with E-state index >= 15 is 0 Å². The van der Waals surface area contributed by atoms with Crippen molar-refractivity contribution in [2.45, 2.75) is 19.4 Å². The van der Waals surface area contributed by atoms with Crippen molar-refractivity contribution in [3.8, 4) is 22.6 Å². The van der Waals surface area contributed by atoms with Gasteiger partial charge in [0.05, 0.1) is 11.3 Å². The van der Waals surface area contributed by atoms with Gasteiger partial charge in [-0.25, -0.2) is 9.97 Å². The van der Waals surface area contributed by atoms with E-state index in [1.165, 1.54) is 11.3 Å². The first kappa shape index (κ1) is 18.5. The monoisotopic (exact) mass is 387 g/mol. The molecule has 0 unspecified atom stereocenters. The molecule has 1 aromatic carbocycles. The summed E-state index contributed by atoms with van der Waals surface area (Å²) >= 11 is 7.49. The van der Waals surface area contributed by atoms with E-state index in [9.17, 15) is 9.90 Å². The van der Waals surface area contributed by atoms with Crippen LogP contribution in [0.5, 0.6) is 0 Å². The smallest absolute Gasteiger partial charge is 0.270 e. The summed E-state index contributed by atoms with van der Waals surface area (Å²) in [6.45, 7) is 3.38. The maximum Gasteiger partial charge on any atom is 0.270 e. The van der Waals surface area contributed by atoms with Crippen LogP contribution in [-0.2, 0) is 0 Å². The zero-order valence-corrected chi connectivity index (χ0v) is 15.9. The molecule has 0 radical (unpaired) electrons. The number of hydrogen-bond acceptors (Lipinski definition) is 5. The second-order valence-corrected chi connectivity index (χ2v) is 7.69. The maximum atomic E-state index is 12.5. The van der Waals surface area contributed by atoms with Crippen LogP contribution in [0, 0.1) is 0 Å². The summed E-state index contributed by atoms with van der Waals surface area (Å²) in [6.07, 6.45) is 0. The van der Waals surface area contributed by atoms with E-state index < -0.39 is 5.60 Å². The highest BCUT2D eigenvalue weighted by Gasteiger charge is 2.18. The first-order chi connectivity index (χ1) is 12.3. The standard InChI is InChI=1S/C19H18ClN3O2S/c1-19(2,25)11-21-18(24)16-9-15(12-3-5-14(20)6-4-12)22-17(23-16)13-7-8-26-10-13/h3-10,25H,11H2,1-2H3,(H,21,24). The molecule has 3 aromatic rings. The Bertz CT molecular complexity index is 904. The van der Waals surface area contributed by atoms with Gasteiger partial charge in [0.25, 0.3) is 5.91 Å². The Kier molecular flexibility index (Phi) is 5.36. The van der Waals surface area contributed by atoms with Crippen LogP contribution < -0.4 is 5.32 Å². The summed E-state index contributed by atoms with van der Waals surface area (Å²) in [5.41, 5.74) is 1.56. The van der Waals surface area contributed by atoms with Gasteiger partial charge in [-0.2, -0.15) is 11.3 Å². The molecule has 2 heterocycles. The van der Waals surface area contributed by atoms with Crippen LogP contribution in [0.25, 0.3) is 22.6 Å². The number of nitrogens with one attached hydrogen (secondary N) is 1. The molecule has 26 heavy (non-hydrogen) atoms. The van der Waals surface area contributed by atoms with Crippen LogP contribution in [0.3, 0.4) is 0 Å². The van der Waals surface area contributed by atoms with Crippen LogP contribution >= 0.6 is 22.9 Å². The molecule has 0 bridgehead atoms. The summed E-state index contributed by atoms with van der Waals surface area (Å²) in [5, 5.41) is 17.0. The number of aliphatic hydroxyl groups is 1. The molecule has 0 aliphatic heterocycles. The predicted molar refractivity (Wildman–Crippen MR) is 104 cm³/mol. The molecule has 0 fully saturated rings.